The molecule has 0 spiro atoms. The van der Waals surface area contributed by atoms with E-state index in [9.17, 15) is 9.59 Å². The van der Waals surface area contributed by atoms with E-state index in [0.717, 1.165) is 24.8 Å². The Kier molecular flexibility index (Phi) is 6.49. The molecule has 3 aromatic rings. The van der Waals surface area contributed by atoms with E-state index in [1.165, 1.54) is 15.7 Å². The number of nitrogens with one attached hydrogen (secondary N) is 2. The molecule has 1 amide bonds. The second-order valence-electron chi connectivity index (χ2n) is 8.11. The minimum atomic E-state index is -0.298. The number of hydrogen-bond donors (Lipinski definition) is 3. The van der Waals surface area contributed by atoms with Gasteiger partial charge < -0.3 is 16.4 Å². The molecule has 1 aliphatic rings. The smallest absolute Gasteiger partial charge is 0.293 e. The first-order valence-electron chi connectivity index (χ1n) is 10.9. The zero-order valence-corrected chi connectivity index (χ0v) is 18.2. The fourth-order valence-electron chi connectivity index (χ4n) is 4.19. The highest BCUT2D eigenvalue weighted by Gasteiger charge is 2.25. The molecule has 166 valence electrons. The summed E-state index contributed by atoms with van der Waals surface area (Å²) in [6, 6.07) is 12.0. The molecule has 1 unspecified atom stereocenters. The minimum Gasteiger partial charge on any atom is -0.383 e. The van der Waals surface area contributed by atoms with Gasteiger partial charge in [-0.25, -0.2) is 9.97 Å². The summed E-state index contributed by atoms with van der Waals surface area (Å²) in [5, 5.41) is 6.06. The molecule has 0 aliphatic heterocycles. The molecule has 0 bridgehead atoms. The van der Waals surface area contributed by atoms with Crippen molar-refractivity contribution >= 4 is 17.5 Å². The number of aryl methyl sites for hydroxylation is 2. The fourth-order valence-corrected chi connectivity index (χ4v) is 4.19. The van der Waals surface area contributed by atoms with Gasteiger partial charge in [0.2, 0.25) is 5.91 Å². The van der Waals surface area contributed by atoms with Crippen molar-refractivity contribution in [1.29, 1.82) is 0 Å². The zero-order chi connectivity index (χ0) is 22.5. The Balaban J connectivity index is 1.36. The number of benzene rings is 1. The fraction of sp³-hybridized carbons (Fsp3) is 0.333. The first-order valence-corrected chi connectivity index (χ1v) is 10.9. The molecule has 4 N–H and O–H groups in total. The number of nitrogen functional groups attached to an aromatic ring is 1. The Bertz CT molecular complexity index is 1160. The van der Waals surface area contributed by atoms with Gasteiger partial charge in [-0.3, -0.25) is 14.2 Å². The van der Waals surface area contributed by atoms with Gasteiger partial charge in [-0.1, -0.05) is 30.3 Å². The lowest BCUT2D eigenvalue weighted by Gasteiger charge is -2.16. The van der Waals surface area contributed by atoms with Gasteiger partial charge in [-0.2, -0.15) is 0 Å². The number of pyridine rings is 1. The SMILES string of the molecule is Cc1cnc(NCCc2ccccc2)c(=O)n1CC(=O)NCC1CCc2ccnc(N)c21. The van der Waals surface area contributed by atoms with Gasteiger partial charge >= 0.3 is 0 Å². The number of amides is 1. The maximum absolute atomic E-state index is 12.9. The molecule has 1 atom stereocenters. The van der Waals surface area contributed by atoms with Gasteiger partial charge in [0.05, 0.1) is 0 Å². The van der Waals surface area contributed by atoms with Gasteiger partial charge in [-0.05, 0) is 43.4 Å². The average molecular weight is 433 g/mol. The Labute approximate surface area is 186 Å². The predicted molar refractivity (Wildman–Crippen MR) is 125 cm³/mol. The predicted octanol–water partition coefficient (Wildman–Crippen LogP) is 2.03. The highest BCUT2D eigenvalue weighted by Crippen LogP contribution is 2.35. The molecule has 8 nitrogen and oxygen atoms in total. The molecule has 32 heavy (non-hydrogen) atoms. The van der Waals surface area contributed by atoms with Crippen molar-refractivity contribution in [3.8, 4) is 0 Å². The number of aromatic nitrogens is 3. The molecule has 4 rings (SSSR count). The van der Waals surface area contributed by atoms with Gasteiger partial charge in [-0.15, -0.1) is 0 Å². The number of rotatable bonds is 8. The molecule has 0 fully saturated rings. The van der Waals surface area contributed by atoms with Crippen LogP contribution in [0.5, 0.6) is 0 Å². The maximum atomic E-state index is 12.9. The van der Waals surface area contributed by atoms with Crippen molar-refractivity contribution in [3.05, 3.63) is 81.5 Å². The Morgan fingerprint density at radius 1 is 1.22 bits per heavy atom. The van der Waals surface area contributed by atoms with Gasteiger partial charge in [0, 0.05) is 42.7 Å². The number of hydrogen-bond acceptors (Lipinski definition) is 6. The van der Waals surface area contributed by atoms with Crippen molar-refractivity contribution in [2.45, 2.75) is 38.6 Å². The van der Waals surface area contributed by atoms with Crippen LogP contribution in [0.25, 0.3) is 0 Å². The van der Waals surface area contributed by atoms with Crippen LogP contribution in [-0.2, 0) is 24.2 Å². The van der Waals surface area contributed by atoms with E-state index in [-0.39, 0.29) is 29.7 Å². The van der Waals surface area contributed by atoms with Crippen molar-refractivity contribution in [3.63, 3.8) is 0 Å². The van der Waals surface area contributed by atoms with Crippen molar-refractivity contribution in [2.75, 3.05) is 24.1 Å². The lowest BCUT2D eigenvalue weighted by Crippen LogP contribution is -2.36. The summed E-state index contributed by atoms with van der Waals surface area (Å²) in [5.41, 5.74) is 9.79. The molecular weight excluding hydrogens is 404 g/mol. The van der Waals surface area contributed by atoms with E-state index in [1.807, 2.05) is 36.4 Å². The lowest BCUT2D eigenvalue weighted by atomic mass is 10.0. The van der Waals surface area contributed by atoms with E-state index in [0.29, 0.717) is 24.6 Å². The molecule has 0 saturated heterocycles. The van der Waals surface area contributed by atoms with E-state index < -0.39 is 0 Å². The van der Waals surface area contributed by atoms with E-state index in [4.69, 9.17) is 5.73 Å². The van der Waals surface area contributed by atoms with Crippen LogP contribution >= 0.6 is 0 Å². The summed E-state index contributed by atoms with van der Waals surface area (Å²) in [6.07, 6.45) is 5.97. The van der Waals surface area contributed by atoms with Crippen molar-refractivity contribution in [2.24, 2.45) is 0 Å². The summed E-state index contributed by atoms with van der Waals surface area (Å²) in [5.74, 6) is 0.718. The van der Waals surface area contributed by atoms with Gasteiger partial charge in [0.1, 0.15) is 12.4 Å². The third-order valence-corrected chi connectivity index (χ3v) is 5.93. The average Bonchev–Trinajstić information content (AvgIpc) is 3.22. The minimum absolute atomic E-state index is 0.0529. The summed E-state index contributed by atoms with van der Waals surface area (Å²) in [4.78, 5) is 33.9. The summed E-state index contributed by atoms with van der Waals surface area (Å²) in [7, 11) is 0. The van der Waals surface area contributed by atoms with Crippen LogP contribution < -0.4 is 21.9 Å². The largest absolute Gasteiger partial charge is 0.383 e. The third-order valence-electron chi connectivity index (χ3n) is 5.93. The molecular formula is C24H28N6O2. The highest BCUT2D eigenvalue weighted by molar-refractivity contribution is 5.76. The molecule has 2 aromatic heterocycles. The summed E-state index contributed by atoms with van der Waals surface area (Å²) in [6.45, 7) is 2.78. The zero-order valence-electron chi connectivity index (χ0n) is 18.2. The Morgan fingerprint density at radius 3 is 2.84 bits per heavy atom. The van der Waals surface area contributed by atoms with Crippen LogP contribution in [0.2, 0.25) is 0 Å². The van der Waals surface area contributed by atoms with Crippen LogP contribution in [0.4, 0.5) is 11.6 Å². The number of nitrogens with two attached hydrogens (primary N) is 1. The standard InChI is InChI=1S/C24H28N6O2/c1-16-13-29-23(27-11-9-17-5-3-2-4-6-17)24(32)30(16)15-20(31)28-14-19-8-7-18-10-12-26-22(25)21(18)19/h2-6,10,12-13,19H,7-9,11,14-15H2,1H3,(H2,25,26)(H,27,29)(H,28,31). The molecule has 2 heterocycles. The molecule has 1 aromatic carbocycles. The van der Waals surface area contributed by atoms with Crippen LogP contribution in [0.15, 0.2) is 53.6 Å². The molecule has 0 saturated carbocycles. The summed E-state index contributed by atoms with van der Waals surface area (Å²) >= 11 is 0. The topological polar surface area (TPSA) is 115 Å². The monoisotopic (exact) mass is 432 g/mol. The molecule has 8 heteroatoms. The van der Waals surface area contributed by atoms with Crippen LogP contribution in [0.1, 0.15) is 34.7 Å². The van der Waals surface area contributed by atoms with Crippen LogP contribution in [-0.4, -0.2) is 33.5 Å². The number of fused-ring (bicyclic) bond motifs is 1. The van der Waals surface area contributed by atoms with Crippen molar-refractivity contribution < 1.29 is 4.79 Å². The summed E-state index contributed by atoms with van der Waals surface area (Å²) < 4.78 is 1.45. The number of anilines is 2. The van der Waals surface area contributed by atoms with E-state index >= 15 is 0 Å². The second kappa shape index (κ2) is 9.64. The van der Waals surface area contributed by atoms with Crippen LogP contribution in [0, 0.1) is 6.92 Å². The van der Waals surface area contributed by atoms with E-state index in [2.05, 4.69) is 20.6 Å². The Morgan fingerprint density at radius 2 is 2.03 bits per heavy atom. The van der Waals surface area contributed by atoms with Crippen molar-refractivity contribution in [1.82, 2.24) is 19.9 Å². The Hall–Kier alpha value is -3.68. The normalized spacial score (nSPS) is 14.7. The first kappa shape index (κ1) is 21.5. The quantitative estimate of drug-likeness (QED) is 0.502. The molecule has 1 aliphatic carbocycles. The highest BCUT2D eigenvalue weighted by atomic mass is 16.2. The van der Waals surface area contributed by atoms with Gasteiger partial charge in [0.25, 0.3) is 5.56 Å². The number of nitrogens with zero attached hydrogens (tertiary/aromatic N) is 3. The maximum Gasteiger partial charge on any atom is 0.293 e. The first-order chi connectivity index (χ1) is 15.5. The third kappa shape index (κ3) is 4.80. The van der Waals surface area contributed by atoms with Gasteiger partial charge in [0.15, 0.2) is 5.82 Å². The number of carbonyl (C=O) groups excluding carboxylic acids is 1. The van der Waals surface area contributed by atoms with Crippen LogP contribution in [0.3, 0.4) is 0 Å². The molecule has 0 radical (unpaired) electrons. The second-order valence-corrected chi connectivity index (χ2v) is 8.11. The lowest BCUT2D eigenvalue weighted by molar-refractivity contribution is -0.121. The van der Waals surface area contributed by atoms with E-state index in [1.54, 1.807) is 19.3 Å². The number of carbonyl (C=O) groups is 1.